The number of carbonyl (C=O) groups is 1. The zero-order chi connectivity index (χ0) is 16.3. The van der Waals surface area contributed by atoms with Gasteiger partial charge in [0.15, 0.2) is 0 Å². The minimum Gasteiger partial charge on any atom is -0.347 e. The van der Waals surface area contributed by atoms with Gasteiger partial charge in [0.05, 0.1) is 16.3 Å². The van der Waals surface area contributed by atoms with Crippen LogP contribution >= 0.6 is 23.2 Å². The van der Waals surface area contributed by atoms with Gasteiger partial charge in [-0.2, -0.15) is 0 Å². The molecular weight excluding hydrogens is 323 g/mol. The number of nitrogens with one attached hydrogen (secondary N) is 2. The first-order chi connectivity index (χ1) is 10.2. The van der Waals surface area contributed by atoms with E-state index in [1.807, 2.05) is 20.8 Å². The fourth-order valence-corrected chi connectivity index (χ4v) is 1.97. The molecule has 7 heteroatoms. The Morgan fingerprint density at radius 3 is 2.36 bits per heavy atom. The Balaban J connectivity index is 2.12. The maximum atomic E-state index is 12.0. The van der Waals surface area contributed by atoms with Gasteiger partial charge in [0.1, 0.15) is 0 Å². The van der Waals surface area contributed by atoms with Gasteiger partial charge in [0.25, 0.3) is 5.91 Å². The molecule has 0 spiro atoms. The highest BCUT2D eigenvalue weighted by Crippen LogP contribution is 2.27. The first kappa shape index (κ1) is 16.5. The molecule has 0 radical (unpaired) electrons. The summed E-state index contributed by atoms with van der Waals surface area (Å²) >= 11 is 12.0. The maximum absolute atomic E-state index is 12.0. The van der Waals surface area contributed by atoms with Crippen LogP contribution in [0.1, 0.15) is 31.1 Å². The third-order valence-corrected chi connectivity index (χ3v) is 3.14. The van der Waals surface area contributed by atoms with E-state index in [0.29, 0.717) is 27.2 Å². The number of nitrogens with zero attached hydrogens (tertiary/aromatic N) is 2. The van der Waals surface area contributed by atoms with Gasteiger partial charge in [-0.1, -0.05) is 23.2 Å². The van der Waals surface area contributed by atoms with Gasteiger partial charge in [-0.3, -0.25) is 4.79 Å². The molecule has 0 aliphatic heterocycles. The number of amides is 1. The lowest BCUT2D eigenvalue weighted by Crippen LogP contribution is -2.40. The van der Waals surface area contributed by atoms with Crippen LogP contribution in [0.2, 0.25) is 10.0 Å². The number of hydrogen-bond acceptors (Lipinski definition) is 4. The SMILES string of the molecule is CC(C)(C)NC(=O)c1cnc(Nc2cc(Cl)ccc2Cl)nc1. The second-order valence-electron chi connectivity index (χ2n) is 5.75. The van der Waals surface area contributed by atoms with E-state index in [4.69, 9.17) is 23.2 Å². The summed E-state index contributed by atoms with van der Waals surface area (Å²) < 4.78 is 0. The fourth-order valence-electron chi connectivity index (χ4n) is 1.64. The minimum atomic E-state index is -0.317. The van der Waals surface area contributed by atoms with E-state index in [-0.39, 0.29) is 11.4 Å². The van der Waals surface area contributed by atoms with Crippen molar-refractivity contribution in [3.8, 4) is 0 Å². The quantitative estimate of drug-likeness (QED) is 0.885. The van der Waals surface area contributed by atoms with E-state index in [0.717, 1.165) is 0 Å². The lowest BCUT2D eigenvalue weighted by atomic mass is 10.1. The molecule has 0 bridgehead atoms. The van der Waals surface area contributed by atoms with E-state index in [1.54, 1.807) is 18.2 Å². The first-order valence-electron chi connectivity index (χ1n) is 6.61. The van der Waals surface area contributed by atoms with E-state index < -0.39 is 0 Å². The van der Waals surface area contributed by atoms with Crippen LogP contribution in [0, 0.1) is 0 Å². The number of halogens is 2. The molecular formula is C15H16Cl2N4O. The van der Waals surface area contributed by atoms with Crippen LogP contribution in [0.5, 0.6) is 0 Å². The fraction of sp³-hybridized carbons (Fsp3) is 0.267. The Morgan fingerprint density at radius 2 is 1.77 bits per heavy atom. The lowest BCUT2D eigenvalue weighted by Gasteiger charge is -2.20. The number of hydrogen-bond donors (Lipinski definition) is 2. The van der Waals surface area contributed by atoms with Crippen LogP contribution < -0.4 is 10.6 Å². The molecule has 1 amide bonds. The molecule has 2 aromatic rings. The van der Waals surface area contributed by atoms with Gasteiger partial charge in [0, 0.05) is 23.0 Å². The molecule has 0 atom stereocenters. The smallest absolute Gasteiger partial charge is 0.254 e. The van der Waals surface area contributed by atoms with Crippen LogP contribution in [-0.2, 0) is 0 Å². The first-order valence-corrected chi connectivity index (χ1v) is 7.37. The minimum absolute atomic E-state index is 0.222. The molecule has 0 saturated heterocycles. The van der Waals surface area contributed by atoms with Gasteiger partial charge in [0.2, 0.25) is 5.95 Å². The summed E-state index contributed by atoms with van der Waals surface area (Å²) in [4.78, 5) is 20.2. The Bertz CT molecular complexity index is 681. The van der Waals surface area contributed by atoms with Crippen molar-refractivity contribution in [1.82, 2.24) is 15.3 Å². The van der Waals surface area contributed by atoms with Crippen molar-refractivity contribution in [2.24, 2.45) is 0 Å². The number of benzene rings is 1. The highest BCUT2D eigenvalue weighted by atomic mass is 35.5. The molecule has 2 N–H and O–H groups in total. The average Bonchev–Trinajstić information content (AvgIpc) is 2.42. The summed E-state index contributed by atoms with van der Waals surface area (Å²) in [6.07, 6.45) is 2.91. The topological polar surface area (TPSA) is 66.9 Å². The summed E-state index contributed by atoms with van der Waals surface area (Å²) in [5.41, 5.74) is 0.668. The van der Waals surface area contributed by atoms with Gasteiger partial charge in [-0.15, -0.1) is 0 Å². The van der Waals surface area contributed by atoms with Gasteiger partial charge < -0.3 is 10.6 Å². The summed E-state index contributed by atoms with van der Waals surface area (Å²) in [6.45, 7) is 5.72. The predicted molar refractivity (Wildman–Crippen MR) is 89.0 cm³/mol. The van der Waals surface area contributed by atoms with Crippen molar-refractivity contribution in [3.05, 3.63) is 46.2 Å². The van der Waals surface area contributed by atoms with Crippen LogP contribution in [0.3, 0.4) is 0 Å². The predicted octanol–water partition coefficient (Wildman–Crippen LogP) is 4.06. The van der Waals surface area contributed by atoms with Crippen LogP contribution in [0.4, 0.5) is 11.6 Å². The zero-order valence-corrected chi connectivity index (χ0v) is 14.0. The summed E-state index contributed by atoms with van der Waals surface area (Å²) in [5, 5.41) is 6.85. The van der Waals surface area contributed by atoms with Gasteiger partial charge >= 0.3 is 0 Å². The largest absolute Gasteiger partial charge is 0.347 e. The molecule has 0 aliphatic carbocycles. The van der Waals surface area contributed by atoms with E-state index in [9.17, 15) is 4.79 Å². The lowest BCUT2D eigenvalue weighted by molar-refractivity contribution is 0.0919. The normalized spacial score (nSPS) is 11.1. The second kappa shape index (κ2) is 6.50. The standard InChI is InChI=1S/C15H16Cl2N4O/c1-15(2,3)21-13(22)9-7-18-14(19-8-9)20-12-6-10(16)4-5-11(12)17/h4-8H,1-3H3,(H,21,22)(H,18,19,20). The van der Waals surface area contributed by atoms with Crippen molar-refractivity contribution in [2.75, 3.05) is 5.32 Å². The summed E-state index contributed by atoms with van der Waals surface area (Å²) in [7, 11) is 0. The number of rotatable bonds is 3. The molecule has 2 rings (SSSR count). The van der Waals surface area contributed by atoms with Gasteiger partial charge in [-0.05, 0) is 39.0 Å². The molecule has 0 fully saturated rings. The van der Waals surface area contributed by atoms with E-state index >= 15 is 0 Å². The molecule has 1 aromatic carbocycles. The Labute approximate surface area is 139 Å². The molecule has 0 saturated carbocycles. The Hall–Kier alpha value is -1.85. The van der Waals surface area contributed by atoms with Crippen LogP contribution in [0.15, 0.2) is 30.6 Å². The van der Waals surface area contributed by atoms with Crippen LogP contribution in [0.25, 0.3) is 0 Å². The molecule has 0 unspecified atom stereocenters. The molecule has 1 heterocycles. The number of aromatic nitrogens is 2. The second-order valence-corrected chi connectivity index (χ2v) is 6.59. The van der Waals surface area contributed by atoms with E-state index in [2.05, 4.69) is 20.6 Å². The third kappa shape index (κ3) is 4.58. The van der Waals surface area contributed by atoms with Gasteiger partial charge in [-0.25, -0.2) is 9.97 Å². The van der Waals surface area contributed by atoms with Crippen molar-refractivity contribution < 1.29 is 4.79 Å². The molecule has 5 nitrogen and oxygen atoms in total. The highest BCUT2D eigenvalue weighted by Gasteiger charge is 2.16. The third-order valence-electron chi connectivity index (χ3n) is 2.58. The van der Waals surface area contributed by atoms with Crippen molar-refractivity contribution in [2.45, 2.75) is 26.3 Å². The monoisotopic (exact) mass is 338 g/mol. The summed E-state index contributed by atoms with van der Waals surface area (Å²) in [6, 6.07) is 5.04. The molecule has 116 valence electrons. The molecule has 0 aliphatic rings. The Kier molecular flexibility index (Phi) is 4.88. The molecule has 22 heavy (non-hydrogen) atoms. The van der Waals surface area contributed by atoms with Crippen molar-refractivity contribution in [3.63, 3.8) is 0 Å². The zero-order valence-electron chi connectivity index (χ0n) is 12.4. The van der Waals surface area contributed by atoms with E-state index in [1.165, 1.54) is 12.4 Å². The van der Waals surface area contributed by atoms with Crippen molar-refractivity contribution >= 4 is 40.7 Å². The molecule has 1 aromatic heterocycles. The maximum Gasteiger partial charge on any atom is 0.254 e. The Morgan fingerprint density at radius 1 is 1.14 bits per heavy atom. The number of anilines is 2. The summed E-state index contributed by atoms with van der Waals surface area (Å²) in [5.74, 6) is 0.108. The average molecular weight is 339 g/mol. The van der Waals surface area contributed by atoms with Crippen LogP contribution in [-0.4, -0.2) is 21.4 Å². The highest BCUT2D eigenvalue weighted by molar-refractivity contribution is 6.35. The van der Waals surface area contributed by atoms with Crippen molar-refractivity contribution in [1.29, 1.82) is 0 Å². The number of carbonyl (C=O) groups excluding carboxylic acids is 1.